The molecule has 1 aliphatic heterocycles. The quantitative estimate of drug-likeness (QED) is 0.537. The highest BCUT2D eigenvalue weighted by atomic mass is 16.5. The summed E-state index contributed by atoms with van der Waals surface area (Å²) in [7, 11) is 1.57. The monoisotopic (exact) mass is 482 g/mol. The van der Waals surface area contributed by atoms with Crippen LogP contribution >= 0.6 is 0 Å². The highest BCUT2D eigenvalue weighted by molar-refractivity contribution is 5.97. The second kappa shape index (κ2) is 10.2. The lowest BCUT2D eigenvalue weighted by Crippen LogP contribution is -2.48. The fraction of sp³-hybridized carbons (Fsp3) is 0.355. The van der Waals surface area contributed by atoms with E-state index in [-0.39, 0.29) is 29.2 Å². The summed E-state index contributed by atoms with van der Waals surface area (Å²) < 4.78 is 5.33. The molecule has 5 rings (SSSR count). The van der Waals surface area contributed by atoms with Crippen molar-refractivity contribution in [3.05, 3.63) is 101 Å². The molecule has 0 spiro atoms. The van der Waals surface area contributed by atoms with E-state index in [9.17, 15) is 9.59 Å². The minimum absolute atomic E-state index is 0.0477. The van der Waals surface area contributed by atoms with Gasteiger partial charge >= 0.3 is 0 Å². The van der Waals surface area contributed by atoms with Crippen LogP contribution in [0.3, 0.4) is 0 Å². The molecule has 0 radical (unpaired) electrons. The Balaban J connectivity index is 1.26. The molecule has 5 heteroatoms. The zero-order chi connectivity index (χ0) is 25.1. The van der Waals surface area contributed by atoms with E-state index < -0.39 is 0 Å². The third kappa shape index (κ3) is 4.50. The van der Waals surface area contributed by atoms with Crippen LogP contribution in [-0.2, 0) is 10.2 Å². The molecule has 3 aromatic rings. The molecule has 0 aromatic heterocycles. The van der Waals surface area contributed by atoms with Gasteiger partial charge in [-0.05, 0) is 54.5 Å². The Hall–Kier alpha value is -3.60. The Labute approximate surface area is 213 Å². The first-order valence-electron chi connectivity index (χ1n) is 12.9. The summed E-state index contributed by atoms with van der Waals surface area (Å²) >= 11 is 0. The first kappa shape index (κ1) is 24.1. The Morgan fingerprint density at radius 1 is 0.889 bits per heavy atom. The maximum absolute atomic E-state index is 13.7. The normalized spacial score (nSPS) is 21.9. The molecular weight excluding hydrogens is 448 g/mol. The number of benzene rings is 3. The van der Waals surface area contributed by atoms with Crippen LogP contribution in [0.4, 0.5) is 0 Å². The number of carbonyl (C=O) groups excluding carboxylic acids is 2. The van der Waals surface area contributed by atoms with E-state index in [1.165, 1.54) is 11.1 Å². The van der Waals surface area contributed by atoms with Gasteiger partial charge in [-0.1, -0.05) is 73.7 Å². The molecule has 2 aliphatic rings. The summed E-state index contributed by atoms with van der Waals surface area (Å²) in [6.45, 7) is 3.62. The number of likely N-dealkylation sites (tertiary alicyclic amines) is 1. The van der Waals surface area contributed by atoms with Gasteiger partial charge in [0.15, 0.2) is 0 Å². The van der Waals surface area contributed by atoms with Crippen LogP contribution in [0, 0.1) is 0 Å². The molecule has 1 fully saturated rings. The number of piperidine rings is 1. The van der Waals surface area contributed by atoms with Crippen LogP contribution in [-0.4, -0.2) is 43.0 Å². The zero-order valence-corrected chi connectivity index (χ0v) is 21.1. The van der Waals surface area contributed by atoms with E-state index in [4.69, 9.17) is 4.74 Å². The maximum atomic E-state index is 13.7. The molecule has 1 heterocycles. The van der Waals surface area contributed by atoms with Gasteiger partial charge in [-0.3, -0.25) is 9.59 Å². The summed E-state index contributed by atoms with van der Waals surface area (Å²) in [6, 6.07) is 26.4. The fourth-order valence-corrected chi connectivity index (χ4v) is 5.95. The van der Waals surface area contributed by atoms with E-state index in [1.807, 2.05) is 17.0 Å². The van der Waals surface area contributed by atoms with Crippen molar-refractivity contribution >= 4 is 11.8 Å². The van der Waals surface area contributed by atoms with Gasteiger partial charge in [-0.25, -0.2) is 0 Å². The van der Waals surface area contributed by atoms with E-state index in [0.717, 1.165) is 31.2 Å². The van der Waals surface area contributed by atoms with Gasteiger partial charge in [0, 0.05) is 24.5 Å². The molecule has 1 saturated heterocycles. The number of nitrogens with one attached hydrogen (secondary N) is 1. The summed E-state index contributed by atoms with van der Waals surface area (Å²) in [6.07, 6.45) is 3.28. The number of ether oxygens (including phenoxy) is 1. The largest absolute Gasteiger partial charge is 0.496 e. The number of fused-ring (bicyclic) bond motifs is 1. The predicted molar refractivity (Wildman–Crippen MR) is 141 cm³/mol. The molecule has 1 N–H and O–H groups in total. The van der Waals surface area contributed by atoms with E-state index in [2.05, 4.69) is 66.8 Å². The SMILES string of the molecule is COc1ccccc1C(=O)NC1CCN(C(=O)[C@H]2CC[C@@](C)(c3ccccc3)c3ccccc32)CC1. The van der Waals surface area contributed by atoms with Crippen molar-refractivity contribution < 1.29 is 14.3 Å². The minimum Gasteiger partial charge on any atom is -0.496 e. The summed E-state index contributed by atoms with van der Waals surface area (Å²) in [4.78, 5) is 28.5. The second-order valence-electron chi connectivity index (χ2n) is 10.1. The highest BCUT2D eigenvalue weighted by Crippen LogP contribution is 2.47. The fourth-order valence-electron chi connectivity index (χ4n) is 5.95. The molecule has 5 nitrogen and oxygen atoms in total. The lowest BCUT2D eigenvalue weighted by molar-refractivity contribution is -0.134. The van der Waals surface area contributed by atoms with Crippen LogP contribution in [0.2, 0.25) is 0 Å². The van der Waals surface area contributed by atoms with E-state index in [0.29, 0.717) is 24.4 Å². The maximum Gasteiger partial charge on any atom is 0.255 e. The van der Waals surface area contributed by atoms with Crippen molar-refractivity contribution in [1.82, 2.24) is 10.2 Å². The summed E-state index contributed by atoms with van der Waals surface area (Å²) in [5.74, 6) is 0.546. The first-order chi connectivity index (χ1) is 17.5. The van der Waals surface area contributed by atoms with Gasteiger partial charge in [-0.2, -0.15) is 0 Å². The Morgan fingerprint density at radius 3 is 2.31 bits per heavy atom. The van der Waals surface area contributed by atoms with Gasteiger partial charge in [0.25, 0.3) is 5.91 Å². The number of nitrogens with zero attached hydrogens (tertiary/aromatic N) is 1. The van der Waals surface area contributed by atoms with Crippen molar-refractivity contribution in [3.63, 3.8) is 0 Å². The first-order valence-corrected chi connectivity index (χ1v) is 12.9. The van der Waals surface area contributed by atoms with Crippen molar-refractivity contribution in [1.29, 1.82) is 0 Å². The molecule has 0 bridgehead atoms. The van der Waals surface area contributed by atoms with E-state index >= 15 is 0 Å². The van der Waals surface area contributed by atoms with Crippen LogP contribution in [0.1, 0.15) is 65.6 Å². The Kier molecular flexibility index (Phi) is 6.82. The van der Waals surface area contributed by atoms with Crippen molar-refractivity contribution in [3.8, 4) is 5.75 Å². The number of hydrogen-bond acceptors (Lipinski definition) is 3. The number of amides is 2. The van der Waals surface area contributed by atoms with Gasteiger partial charge < -0.3 is 15.0 Å². The van der Waals surface area contributed by atoms with Crippen molar-refractivity contribution in [2.45, 2.75) is 50.0 Å². The Bertz CT molecular complexity index is 1230. The molecular formula is C31H34N2O3. The molecule has 3 aromatic carbocycles. The molecule has 2 atom stereocenters. The predicted octanol–water partition coefficient (Wildman–Crippen LogP) is 5.30. The average molecular weight is 483 g/mol. The minimum atomic E-state index is -0.126. The topological polar surface area (TPSA) is 58.6 Å². The standard InChI is InChI=1S/C31H34N2O3/c1-31(22-10-4-3-5-11-22)19-16-25(24-12-6-8-14-27(24)31)30(35)33-20-17-23(18-21-33)32-29(34)26-13-7-9-15-28(26)36-2/h3-15,23,25H,16-21H2,1-2H3,(H,32,34)/t25-,31-/m0/s1. The molecule has 0 saturated carbocycles. The van der Waals surface area contributed by atoms with Gasteiger partial charge in [0.05, 0.1) is 18.6 Å². The lowest BCUT2D eigenvalue weighted by Gasteiger charge is -2.42. The third-order valence-corrected chi connectivity index (χ3v) is 8.07. The number of rotatable bonds is 5. The molecule has 1 aliphatic carbocycles. The number of para-hydroxylation sites is 1. The van der Waals surface area contributed by atoms with Crippen molar-refractivity contribution in [2.75, 3.05) is 20.2 Å². The molecule has 2 amide bonds. The van der Waals surface area contributed by atoms with Crippen LogP contribution < -0.4 is 10.1 Å². The summed E-state index contributed by atoms with van der Waals surface area (Å²) in [5, 5.41) is 3.14. The van der Waals surface area contributed by atoms with E-state index in [1.54, 1.807) is 19.2 Å². The number of carbonyl (C=O) groups is 2. The molecule has 186 valence electrons. The second-order valence-corrected chi connectivity index (χ2v) is 10.1. The number of hydrogen-bond donors (Lipinski definition) is 1. The zero-order valence-electron chi connectivity index (χ0n) is 21.1. The smallest absolute Gasteiger partial charge is 0.255 e. The van der Waals surface area contributed by atoms with Crippen LogP contribution in [0.25, 0.3) is 0 Å². The average Bonchev–Trinajstić information content (AvgIpc) is 2.94. The lowest BCUT2D eigenvalue weighted by atomic mass is 9.64. The number of methoxy groups -OCH3 is 1. The van der Waals surface area contributed by atoms with Gasteiger partial charge in [0.2, 0.25) is 5.91 Å². The highest BCUT2D eigenvalue weighted by Gasteiger charge is 2.41. The third-order valence-electron chi connectivity index (χ3n) is 8.07. The summed E-state index contributed by atoms with van der Waals surface area (Å²) in [5.41, 5.74) is 4.17. The molecule has 36 heavy (non-hydrogen) atoms. The van der Waals surface area contributed by atoms with Crippen LogP contribution in [0.15, 0.2) is 78.9 Å². The van der Waals surface area contributed by atoms with Crippen LogP contribution in [0.5, 0.6) is 5.75 Å². The van der Waals surface area contributed by atoms with Gasteiger partial charge in [0.1, 0.15) is 5.75 Å². The Morgan fingerprint density at radius 2 is 1.56 bits per heavy atom. The molecule has 0 unspecified atom stereocenters. The van der Waals surface area contributed by atoms with Gasteiger partial charge in [-0.15, -0.1) is 0 Å². The van der Waals surface area contributed by atoms with Crippen molar-refractivity contribution in [2.24, 2.45) is 0 Å².